The number of alkyl carbamates (subject to hydrolysis) is 1. The lowest BCUT2D eigenvalue weighted by Gasteiger charge is -2.25. The molecule has 0 rings (SSSR count). The summed E-state index contributed by atoms with van der Waals surface area (Å²) in [6.07, 6.45) is -0.804. The topological polar surface area (TPSA) is 114 Å². The van der Waals surface area contributed by atoms with Crippen molar-refractivity contribution in [2.24, 2.45) is 0 Å². The van der Waals surface area contributed by atoms with Crippen molar-refractivity contribution < 1.29 is 29.0 Å². The summed E-state index contributed by atoms with van der Waals surface area (Å²) in [4.78, 5) is 34.3. The van der Waals surface area contributed by atoms with Crippen LogP contribution in [0.4, 0.5) is 4.79 Å². The molecule has 8 heteroatoms. The molecule has 0 aromatic heterocycles. The zero-order valence-corrected chi connectivity index (χ0v) is 12.6. The maximum Gasteiger partial charge on any atom is 0.408 e. The van der Waals surface area contributed by atoms with Crippen molar-refractivity contribution in [3.8, 4) is 0 Å². The standard InChI is InChI=1S/C12H22N2O6/c1-7(14-10(17)20-11(2,3)4)8(15)19-12(5,18)9(16)13-6/h7,18H,1-6H3,(H,13,16)(H,14,17). The Hall–Kier alpha value is -1.83. The number of aliphatic hydroxyl groups is 1. The lowest BCUT2D eigenvalue weighted by atomic mass is 10.2. The van der Waals surface area contributed by atoms with Gasteiger partial charge < -0.3 is 25.2 Å². The Morgan fingerprint density at radius 3 is 2.00 bits per heavy atom. The fraction of sp³-hybridized carbons (Fsp3) is 0.750. The van der Waals surface area contributed by atoms with Gasteiger partial charge in [-0.1, -0.05) is 0 Å². The smallest absolute Gasteiger partial charge is 0.408 e. The number of ether oxygens (including phenoxy) is 2. The molecule has 0 aromatic rings. The van der Waals surface area contributed by atoms with E-state index >= 15 is 0 Å². The third-order valence-electron chi connectivity index (χ3n) is 2.03. The highest BCUT2D eigenvalue weighted by Gasteiger charge is 2.36. The average molecular weight is 290 g/mol. The van der Waals surface area contributed by atoms with Crippen molar-refractivity contribution in [1.29, 1.82) is 0 Å². The molecule has 0 aliphatic heterocycles. The molecular formula is C12H22N2O6. The molecule has 3 N–H and O–H groups in total. The van der Waals surface area contributed by atoms with Crippen molar-refractivity contribution in [3.05, 3.63) is 0 Å². The first-order chi connectivity index (χ1) is 8.89. The van der Waals surface area contributed by atoms with E-state index in [0.717, 1.165) is 6.92 Å². The van der Waals surface area contributed by atoms with Crippen LogP contribution in [0.5, 0.6) is 0 Å². The van der Waals surface area contributed by atoms with Crippen LogP contribution in [0, 0.1) is 0 Å². The van der Waals surface area contributed by atoms with Gasteiger partial charge in [0.2, 0.25) is 0 Å². The number of esters is 1. The first kappa shape index (κ1) is 18.2. The van der Waals surface area contributed by atoms with Crippen LogP contribution in [0.1, 0.15) is 34.6 Å². The predicted molar refractivity (Wildman–Crippen MR) is 69.6 cm³/mol. The van der Waals surface area contributed by atoms with Crippen LogP contribution in [0.25, 0.3) is 0 Å². The average Bonchev–Trinajstić information content (AvgIpc) is 2.24. The van der Waals surface area contributed by atoms with Crippen LogP contribution in [0.2, 0.25) is 0 Å². The summed E-state index contributed by atoms with van der Waals surface area (Å²) in [6, 6.07) is -1.08. The van der Waals surface area contributed by atoms with Crippen molar-refractivity contribution in [1.82, 2.24) is 10.6 Å². The fourth-order valence-electron chi connectivity index (χ4n) is 1.11. The molecule has 0 bridgehead atoms. The van der Waals surface area contributed by atoms with E-state index in [2.05, 4.69) is 15.4 Å². The Morgan fingerprint density at radius 1 is 1.10 bits per heavy atom. The molecule has 2 atom stereocenters. The van der Waals surface area contributed by atoms with E-state index in [4.69, 9.17) is 4.74 Å². The van der Waals surface area contributed by atoms with E-state index in [0.29, 0.717) is 0 Å². The van der Waals surface area contributed by atoms with Crippen molar-refractivity contribution in [3.63, 3.8) is 0 Å². The molecule has 0 heterocycles. The summed E-state index contributed by atoms with van der Waals surface area (Å²) < 4.78 is 9.58. The van der Waals surface area contributed by atoms with E-state index in [-0.39, 0.29) is 0 Å². The van der Waals surface area contributed by atoms with Gasteiger partial charge >= 0.3 is 12.1 Å². The van der Waals surface area contributed by atoms with Gasteiger partial charge in [-0.2, -0.15) is 0 Å². The second-order valence-corrected chi connectivity index (χ2v) is 5.35. The van der Waals surface area contributed by atoms with Gasteiger partial charge in [0.25, 0.3) is 11.7 Å². The third-order valence-corrected chi connectivity index (χ3v) is 2.03. The minimum atomic E-state index is -2.31. The second-order valence-electron chi connectivity index (χ2n) is 5.35. The maximum absolute atomic E-state index is 11.6. The van der Waals surface area contributed by atoms with Crippen LogP contribution < -0.4 is 10.6 Å². The van der Waals surface area contributed by atoms with Crippen molar-refractivity contribution in [2.75, 3.05) is 7.05 Å². The van der Waals surface area contributed by atoms with Crippen LogP contribution in [0.3, 0.4) is 0 Å². The molecule has 2 amide bonds. The number of hydrogen-bond donors (Lipinski definition) is 3. The van der Waals surface area contributed by atoms with Crippen LogP contribution in [-0.4, -0.2) is 47.6 Å². The predicted octanol–water partition coefficient (Wildman–Crippen LogP) is -0.103. The number of amides is 2. The largest absolute Gasteiger partial charge is 0.444 e. The van der Waals surface area contributed by atoms with Gasteiger partial charge in [0, 0.05) is 14.0 Å². The van der Waals surface area contributed by atoms with Gasteiger partial charge in [-0.25, -0.2) is 9.59 Å². The summed E-state index contributed by atoms with van der Waals surface area (Å²) in [7, 11) is 1.28. The number of nitrogens with one attached hydrogen (secondary N) is 2. The molecule has 8 nitrogen and oxygen atoms in total. The third kappa shape index (κ3) is 6.37. The van der Waals surface area contributed by atoms with Crippen LogP contribution >= 0.6 is 0 Å². The molecule has 20 heavy (non-hydrogen) atoms. The molecule has 0 saturated heterocycles. The van der Waals surface area contributed by atoms with Gasteiger partial charge in [-0.3, -0.25) is 4.79 Å². The first-order valence-corrected chi connectivity index (χ1v) is 6.06. The van der Waals surface area contributed by atoms with E-state index in [1.165, 1.54) is 14.0 Å². The van der Waals surface area contributed by atoms with Gasteiger partial charge in [-0.05, 0) is 27.7 Å². The van der Waals surface area contributed by atoms with E-state index in [1.54, 1.807) is 20.8 Å². The molecule has 116 valence electrons. The second kappa shape index (κ2) is 6.56. The van der Waals surface area contributed by atoms with Gasteiger partial charge in [0.15, 0.2) is 0 Å². The number of carbonyl (C=O) groups is 3. The zero-order chi connectivity index (χ0) is 16.1. The molecule has 0 aliphatic carbocycles. The minimum absolute atomic E-state index is 0.707. The number of rotatable bonds is 4. The molecule has 0 fully saturated rings. The van der Waals surface area contributed by atoms with Gasteiger partial charge in [0.1, 0.15) is 11.6 Å². The Morgan fingerprint density at radius 2 is 1.60 bits per heavy atom. The summed E-state index contributed by atoms with van der Waals surface area (Å²) in [6.45, 7) is 7.37. The molecular weight excluding hydrogens is 268 g/mol. The molecule has 0 spiro atoms. The Bertz CT molecular complexity index is 386. The lowest BCUT2D eigenvalue weighted by Crippen LogP contribution is -2.50. The summed E-state index contributed by atoms with van der Waals surface area (Å²) in [5.41, 5.74) is -0.707. The van der Waals surface area contributed by atoms with E-state index < -0.39 is 35.4 Å². The van der Waals surface area contributed by atoms with Crippen molar-refractivity contribution >= 4 is 18.0 Å². The maximum atomic E-state index is 11.6. The molecule has 0 radical (unpaired) electrons. The van der Waals surface area contributed by atoms with E-state index in [9.17, 15) is 19.5 Å². The first-order valence-electron chi connectivity index (χ1n) is 6.06. The molecule has 0 saturated carbocycles. The normalized spacial score (nSPS) is 15.6. The summed E-state index contributed by atoms with van der Waals surface area (Å²) >= 11 is 0. The Kier molecular flexibility index (Phi) is 5.96. The highest BCUT2D eigenvalue weighted by molar-refractivity contribution is 5.87. The quantitative estimate of drug-likeness (QED) is 0.492. The monoisotopic (exact) mass is 290 g/mol. The number of likely N-dealkylation sites (N-methyl/N-ethyl adjacent to an activating group) is 1. The summed E-state index contributed by atoms with van der Waals surface area (Å²) in [5.74, 6) is -4.16. The Balaban J connectivity index is 4.50. The number of hydrogen-bond acceptors (Lipinski definition) is 6. The van der Waals surface area contributed by atoms with Crippen molar-refractivity contribution in [2.45, 2.75) is 52.0 Å². The highest BCUT2D eigenvalue weighted by atomic mass is 16.7. The number of carbonyl (C=O) groups excluding carboxylic acids is 3. The highest BCUT2D eigenvalue weighted by Crippen LogP contribution is 2.09. The van der Waals surface area contributed by atoms with Crippen LogP contribution in [-0.2, 0) is 19.1 Å². The SMILES string of the molecule is CNC(=O)C(C)(O)OC(=O)C(C)NC(=O)OC(C)(C)C. The molecule has 0 aliphatic rings. The van der Waals surface area contributed by atoms with Crippen LogP contribution in [0.15, 0.2) is 0 Å². The minimum Gasteiger partial charge on any atom is -0.444 e. The van der Waals surface area contributed by atoms with E-state index in [1.807, 2.05) is 0 Å². The Labute approximate surface area is 117 Å². The van der Waals surface area contributed by atoms with Gasteiger partial charge in [-0.15, -0.1) is 0 Å². The molecule has 2 unspecified atom stereocenters. The molecule has 0 aromatic carbocycles. The lowest BCUT2D eigenvalue weighted by molar-refractivity contribution is -0.206. The van der Waals surface area contributed by atoms with Gasteiger partial charge in [0.05, 0.1) is 0 Å². The fourth-order valence-corrected chi connectivity index (χ4v) is 1.11. The summed E-state index contributed by atoms with van der Waals surface area (Å²) in [5, 5.41) is 14.0. The zero-order valence-electron chi connectivity index (χ0n) is 12.6.